The van der Waals surface area contributed by atoms with Crippen LogP contribution >= 0.6 is 0 Å². The van der Waals surface area contributed by atoms with Crippen LogP contribution in [0.25, 0.3) is 6.08 Å². The van der Waals surface area contributed by atoms with Crippen molar-refractivity contribution in [3.8, 4) is 0 Å². The Morgan fingerprint density at radius 3 is 2.56 bits per heavy atom. The van der Waals surface area contributed by atoms with E-state index in [-0.39, 0.29) is 5.91 Å². The van der Waals surface area contributed by atoms with Crippen molar-refractivity contribution in [2.45, 2.75) is 19.4 Å². The molecule has 1 aromatic carbocycles. The second kappa shape index (κ2) is 5.47. The first-order chi connectivity index (χ1) is 7.50. The van der Waals surface area contributed by atoms with E-state index in [1.165, 1.54) is 13.8 Å². The van der Waals surface area contributed by atoms with E-state index in [0.717, 1.165) is 5.56 Å². The van der Waals surface area contributed by atoms with Crippen molar-refractivity contribution in [2.75, 3.05) is 6.54 Å². The van der Waals surface area contributed by atoms with Gasteiger partial charge in [0, 0.05) is 6.54 Å². The summed E-state index contributed by atoms with van der Waals surface area (Å²) in [7, 11) is 0. The molecule has 0 aliphatic carbocycles. The van der Waals surface area contributed by atoms with Gasteiger partial charge in [-0.05, 0) is 19.4 Å². The first-order valence-electron chi connectivity index (χ1n) is 5.22. The number of amides is 1. The smallest absolute Gasteiger partial charge is 0.251 e. The Morgan fingerprint density at radius 1 is 1.38 bits per heavy atom. The maximum atomic E-state index is 11.3. The summed E-state index contributed by atoms with van der Waals surface area (Å²) >= 11 is 0. The van der Waals surface area contributed by atoms with Gasteiger partial charge < -0.3 is 10.4 Å². The molecular formula is C13H17NO2. The minimum atomic E-state index is -1.32. The summed E-state index contributed by atoms with van der Waals surface area (Å²) < 4.78 is 0. The third-order valence-corrected chi connectivity index (χ3v) is 2.05. The number of hydrogen-bond donors (Lipinski definition) is 2. The number of carbonyl (C=O) groups is 1. The van der Waals surface area contributed by atoms with Gasteiger partial charge in [0.05, 0.1) is 0 Å². The normalized spacial score (nSPS) is 11.7. The SMILES string of the molecule is CC(C)(O)C(=O)NC/C=C/c1ccccc1. The third-order valence-electron chi connectivity index (χ3n) is 2.05. The van der Waals surface area contributed by atoms with Gasteiger partial charge in [-0.3, -0.25) is 4.79 Å². The highest BCUT2D eigenvalue weighted by Gasteiger charge is 2.22. The summed E-state index contributed by atoms with van der Waals surface area (Å²) in [5.41, 5.74) is -0.236. The molecule has 0 unspecified atom stereocenters. The van der Waals surface area contributed by atoms with E-state index >= 15 is 0 Å². The molecule has 0 aromatic heterocycles. The van der Waals surface area contributed by atoms with Crippen molar-refractivity contribution in [1.29, 1.82) is 0 Å². The van der Waals surface area contributed by atoms with E-state index in [1.807, 2.05) is 42.5 Å². The predicted octanol–water partition coefficient (Wildman–Crippen LogP) is 1.59. The highest BCUT2D eigenvalue weighted by Crippen LogP contribution is 2.01. The van der Waals surface area contributed by atoms with Gasteiger partial charge in [0.1, 0.15) is 5.60 Å². The molecule has 3 heteroatoms. The second-order valence-corrected chi connectivity index (χ2v) is 4.08. The maximum Gasteiger partial charge on any atom is 0.251 e. The van der Waals surface area contributed by atoms with Crippen molar-refractivity contribution in [3.63, 3.8) is 0 Å². The van der Waals surface area contributed by atoms with Gasteiger partial charge in [-0.2, -0.15) is 0 Å². The van der Waals surface area contributed by atoms with Gasteiger partial charge in [-0.15, -0.1) is 0 Å². The maximum absolute atomic E-state index is 11.3. The van der Waals surface area contributed by atoms with E-state index in [4.69, 9.17) is 0 Å². The van der Waals surface area contributed by atoms with Crippen LogP contribution in [-0.2, 0) is 4.79 Å². The lowest BCUT2D eigenvalue weighted by molar-refractivity contribution is -0.136. The van der Waals surface area contributed by atoms with Crippen LogP contribution < -0.4 is 5.32 Å². The minimum Gasteiger partial charge on any atom is -0.381 e. The van der Waals surface area contributed by atoms with E-state index in [9.17, 15) is 9.90 Å². The summed E-state index contributed by atoms with van der Waals surface area (Å²) in [6.07, 6.45) is 3.77. The summed E-state index contributed by atoms with van der Waals surface area (Å²) in [6, 6.07) is 9.82. The number of hydrogen-bond acceptors (Lipinski definition) is 2. The van der Waals surface area contributed by atoms with Gasteiger partial charge >= 0.3 is 0 Å². The Balaban J connectivity index is 2.37. The minimum absolute atomic E-state index is 0.370. The van der Waals surface area contributed by atoms with Crippen molar-refractivity contribution >= 4 is 12.0 Å². The molecule has 0 atom stereocenters. The van der Waals surface area contributed by atoms with Crippen LogP contribution in [-0.4, -0.2) is 23.2 Å². The van der Waals surface area contributed by atoms with Crippen LogP contribution in [0.15, 0.2) is 36.4 Å². The molecule has 0 fully saturated rings. The fraction of sp³-hybridized carbons (Fsp3) is 0.308. The molecule has 16 heavy (non-hydrogen) atoms. The first kappa shape index (κ1) is 12.5. The number of nitrogens with one attached hydrogen (secondary N) is 1. The Morgan fingerprint density at radius 2 is 2.00 bits per heavy atom. The molecule has 0 heterocycles. The molecule has 86 valence electrons. The quantitative estimate of drug-likeness (QED) is 0.808. The van der Waals surface area contributed by atoms with E-state index in [1.54, 1.807) is 0 Å². The van der Waals surface area contributed by atoms with Crippen LogP contribution in [0, 0.1) is 0 Å². The topological polar surface area (TPSA) is 49.3 Å². The van der Waals surface area contributed by atoms with Crippen LogP contribution in [0.2, 0.25) is 0 Å². The number of aliphatic hydroxyl groups is 1. The molecule has 1 rings (SSSR count). The molecule has 2 N–H and O–H groups in total. The lowest BCUT2D eigenvalue weighted by Crippen LogP contribution is -2.41. The fourth-order valence-electron chi connectivity index (χ4n) is 1.13. The van der Waals surface area contributed by atoms with Crippen molar-refractivity contribution < 1.29 is 9.90 Å². The molecule has 0 bridgehead atoms. The molecule has 1 aromatic rings. The van der Waals surface area contributed by atoms with Crippen molar-refractivity contribution in [2.24, 2.45) is 0 Å². The van der Waals surface area contributed by atoms with Gasteiger partial charge in [-0.25, -0.2) is 0 Å². The molecule has 0 saturated carbocycles. The molecule has 1 amide bonds. The first-order valence-corrected chi connectivity index (χ1v) is 5.22. The number of benzene rings is 1. The van der Waals surface area contributed by atoms with E-state index < -0.39 is 5.60 Å². The van der Waals surface area contributed by atoms with E-state index in [0.29, 0.717) is 6.54 Å². The summed E-state index contributed by atoms with van der Waals surface area (Å²) in [6.45, 7) is 3.34. The third kappa shape index (κ3) is 4.28. The van der Waals surface area contributed by atoms with Gasteiger partial charge in [0.25, 0.3) is 5.91 Å². The molecule has 0 aliphatic heterocycles. The van der Waals surface area contributed by atoms with E-state index in [2.05, 4.69) is 5.32 Å². The fourth-order valence-corrected chi connectivity index (χ4v) is 1.13. The van der Waals surface area contributed by atoms with Crippen LogP contribution in [0.1, 0.15) is 19.4 Å². The average Bonchev–Trinajstić information content (AvgIpc) is 2.24. The van der Waals surface area contributed by atoms with Gasteiger partial charge in [0.15, 0.2) is 0 Å². The second-order valence-electron chi connectivity index (χ2n) is 4.08. The van der Waals surface area contributed by atoms with Crippen LogP contribution in [0.3, 0.4) is 0 Å². The van der Waals surface area contributed by atoms with Gasteiger partial charge in [-0.1, -0.05) is 42.5 Å². The summed E-state index contributed by atoms with van der Waals surface area (Å²) in [5, 5.41) is 12.0. The molecule has 0 radical (unpaired) electrons. The Kier molecular flexibility index (Phi) is 4.26. The molecule has 3 nitrogen and oxygen atoms in total. The molecular weight excluding hydrogens is 202 g/mol. The highest BCUT2D eigenvalue weighted by atomic mass is 16.3. The highest BCUT2D eigenvalue weighted by molar-refractivity contribution is 5.84. The largest absolute Gasteiger partial charge is 0.381 e. The molecule has 0 spiro atoms. The average molecular weight is 219 g/mol. The summed E-state index contributed by atoms with van der Waals surface area (Å²) in [4.78, 5) is 11.3. The Labute approximate surface area is 95.8 Å². The molecule has 0 saturated heterocycles. The zero-order valence-corrected chi connectivity index (χ0v) is 9.60. The Bertz CT molecular complexity index is 363. The molecule has 0 aliphatic rings. The lowest BCUT2D eigenvalue weighted by atomic mass is 10.1. The lowest BCUT2D eigenvalue weighted by Gasteiger charge is -2.15. The standard InChI is InChI=1S/C13H17NO2/c1-13(2,16)12(15)14-10-6-9-11-7-4-3-5-8-11/h3-9,16H,10H2,1-2H3,(H,14,15)/b9-6+. The van der Waals surface area contributed by atoms with Crippen molar-refractivity contribution in [3.05, 3.63) is 42.0 Å². The van der Waals surface area contributed by atoms with Crippen LogP contribution in [0.4, 0.5) is 0 Å². The summed E-state index contributed by atoms with van der Waals surface area (Å²) in [5.74, 6) is -0.370. The van der Waals surface area contributed by atoms with Crippen LogP contribution in [0.5, 0.6) is 0 Å². The number of carbonyl (C=O) groups excluding carboxylic acids is 1. The predicted molar refractivity (Wildman–Crippen MR) is 64.8 cm³/mol. The van der Waals surface area contributed by atoms with Crippen molar-refractivity contribution in [1.82, 2.24) is 5.32 Å². The van der Waals surface area contributed by atoms with Gasteiger partial charge in [0.2, 0.25) is 0 Å². The zero-order chi connectivity index (χ0) is 12.0. The monoisotopic (exact) mass is 219 g/mol. The Hall–Kier alpha value is -1.61. The zero-order valence-electron chi connectivity index (χ0n) is 9.60. The number of rotatable bonds is 4.